The number of benzene rings is 1. The highest BCUT2D eigenvalue weighted by Crippen LogP contribution is 2.51. The number of carbonyl (C=O) groups excluding carboxylic acids is 1. The van der Waals surface area contributed by atoms with Crippen molar-refractivity contribution in [2.45, 2.75) is 45.3 Å². The molecule has 0 atom stereocenters. The van der Waals surface area contributed by atoms with Crippen molar-refractivity contribution in [3.63, 3.8) is 0 Å². The van der Waals surface area contributed by atoms with Crippen LogP contribution in [-0.2, 0) is 4.74 Å². The number of carbonyl (C=O) groups is 1. The molecule has 0 unspecified atom stereocenters. The third kappa shape index (κ3) is 4.30. The van der Waals surface area contributed by atoms with E-state index >= 15 is 0 Å². The third-order valence-corrected chi connectivity index (χ3v) is 7.16. The fourth-order valence-corrected chi connectivity index (χ4v) is 5.36. The van der Waals surface area contributed by atoms with Gasteiger partial charge in [-0.25, -0.2) is 14.3 Å². The summed E-state index contributed by atoms with van der Waals surface area (Å²) in [6, 6.07) is 8.39. The van der Waals surface area contributed by atoms with E-state index in [0.29, 0.717) is 28.7 Å². The van der Waals surface area contributed by atoms with Gasteiger partial charge in [-0.05, 0) is 71.5 Å². The molecule has 36 heavy (non-hydrogen) atoms. The first-order valence-corrected chi connectivity index (χ1v) is 12.2. The van der Waals surface area contributed by atoms with Crippen molar-refractivity contribution in [2.24, 2.45) is 5.41 Å². The molecule has 2 fully saturated rings. The maximum Gasteiger partial charge on any atom is 0.412 e. The zero-order chi connectivity index (χ0) is 25.8. The first-order valence-electron chi connectivity index (χ1n) is 12.2. The van der Waals surface area contributed by atoms with E-state index in [1.807, 2.05) is 37.4 Å². The second-order valence-corrected chi connectivity index (χ2v) is 11.2. The van der Waals surface area contributed by atoms with Crippen molar-refractivity contribution in [3.8, 4) is 16.9 Å². The van der Waals surface area contributed by atoms with Crippen molar-refractivity contribution in [1.29, 1.82) is 0 Å². The average molecular weight is 494 g/mol. The first kappa shape index (κ1) is 24.2. The number of fused-ring (bicyclic) bond motifs is 1. The Morgan fingerprint density at radius 2 is 1.94 bits per heavy atom. The van der Waals surface area contributed by atoms with E-state index in [4.69, 9.17) is 15.2 Å². The summed E-state index contributed by atoms with van der Waals surface area (Å²) in [4.78, 5) is 21.2. The van der Waals surface area contributed by atoms with E-state index < -0.39 is 11.7 Å². The fraction of sp³-hybridized carbons (Fsp3) is 0.500. The molecule has 0 radical (unpaired) electrons. The standard InChI is InChI=1S/C26H35N7O3/c1-25(2,3)36-24(34)30-19-8-7-16(9-20(19)35-6)18-10-21(33-22(18)23(27)28-15-29-33)32-13-26(14-32)11-17(12-26)31(4)5/h7-10,15,17H,11-14H2,1-6H3,(H,30,34)(H2,27,28,29). The Bertz CT molecular complexity index is 1300. The van der Waals surface area contributed by atoms with Crippen LogP contribution in [0.4, 0.5) is 22.1 Å². The molecule has 1 saturated carbocycles. The Morgan fingerprint density at radius 3 is 2.58 bits per heavy atom. The van der Waals surface area contributed by atoms with Gasteiger partial charge in [-0.1, -0.05) is 6.07 Å². The highest BCUT2D eigenvalue weighted by molar-refractivity contribution is 5.93. The summed E-state index contributed by atoms with van der Waals surface area (Å²) in [7, 11) is 5.88. The lowest BCUT2D eigenvalue weighted by atomic mass is 9.60. The van der Waals surface area contributed by atoms with E-state index in [1.165, 1.54) is 19.2 Å². The average Bonchev–Trinajstić information content (AvgIpc) is 3.11. The van der Waals surface area contributed by atoms with Crippen LogP contribution in [0.5, 0.6) is 5.75 Å². The molecule has 1 aliphatic heterocycles. The zero-order valence-corrected chi connectivity index (χ0v) is 21.8. The SMILES string of the molecule is COc1cc(-c2cc(N3CC4(CC(N(C)C)C4)C3)n3ncnc(N)c23)ccc1NC(=O)OC(C)(C)C. The minimum absolute atomic E-state index is 0.399. The van der Waals surface area contributed by atoms with Gasteiger partial charge in [0.05, 0.1) is 12.8 Å². The summed E-state index contributed by atoms with van der Waals surface area (Å²) in [5, 5.41) is 7.30. The number of nitrogen functional groups attached to an aromatic ring is 1. The number of nitrogens with one attached hydrogen (secondary N) is 1. The fourth-order valence-electron chi connectivity index (χ4n) is 5.36. The third-order valence-electron chi connectivity index (χ3n) is 7.16. The number of anilines is 3. The number of amides is 1. The maximum absolute atomic E-state index is 12.3. The molecule has 3 aromatic rings. The van der Waals surface area contributed by atoms with Crippen molar-refractivity contribution < 1.29 is 14.3 Å². The lowest BCUT2D eigenvalue weighted by molar-refractivity contribution is 0.000794. The number of methoxy groups -OCH3 is 1. The number of hydrogen-bond acceptors (Lipinski definition) is 8. The minimum atomic E-state index is -0.598. The molecule has 10 heteroatoms. The maximum atomic E-state index is 12.3. The molecule has 1 amide bonds. The lowest BCUT2D eigenvalue weighted by Crippen LogP contribution is -2.66. The molecule has 2 aromatic heterocycles. The number of nitrogens with two attached hydrogens (primary N) is 1. The molecule has 192 valence electrons. The Hall–Kier alpha value is -3.53. The van der Waals surface area contributed by atoms with Gasteiger partial charge in [-0.15, -0.1) is 0 Å². The van der Waals surface area contributed by atoms with Crippen molar-refractivity contribution in [2.75, 3.05) is 50.2 Å². The van der Waals surface area contributed by atoms with Crippen LogP contribution in [0.15, 0.2) is 30.6 Å². The van der Waals surface area contributed by atoms with Crippen LogP contribution < -0.4 is 20.7 Å². The molecule has 3 N–H and O–H groups in total. The highest BCUT2D eigenvalue weighted by atomic mass is 16.6. The van der Waals surface area contributed by atoms with E-state index in [0.717, 1.165) is 35.6 Å². The molecule has 5 rings (SSSR count). The summed E-state index contributed by atoms with van der Waals surface area (Å²) in [5.41, 5.74) is 9.20. The summed E-state index contributed by atoms with van der Waals surface area (Å²) < 4.78 is 12.9. The van der Waals surface area contributed by atoms with Crippen molar-refractivity contribution in [1.82, 2.24) is 19.5 Å². The Morgan fingerprint density at radius 1 is 1.22 bits per heavy atom. The first-order chi connectivity index (χ1) is 17.0. The van der Waals surface area contributed by atoms with Crippen LogP contribution >= 0.6 is 0 Å². The number of hydrogen-bond donors (Lipinski definition) is 2. The Kier molecular flexibility index (Phi) is 5.74. The summed E-state index contributed by atoms with van der Waals surface area (Å²) in [6.07, 6.45) is 3.41. The number of aromatic nitrogens is 3. The second-order valence-electron chi connectivity index (χ2n) is 11.2. The Balaban J connectivity index is 1.44. The normalized spacial score (nSPS) is 17.2. The van der Waals surface area contributed by atoms with Crippen LogP contribution in [0, 0.1) is 5.41 Å². The number of ether oxygens (including phenoxy) is 2. The van der Waals surface area contributed by atoms with Crippen molar-refractivity contribution in [3.05, 3.63) is 30.6 Å². The predicted molar refractivity (Wildman–Crippen MR) is 141 cm³/mol. The van der Waals surface area contributed by atoms with Gasteiger partial charge in [0.15, 0.2) is 5.82 Å². The Labute approximate surface area is 211 Å². The quantitative estimate of drug-likeness (QED) is 0.551. The molecule has 3 heterocycles. The van der Waals surface area contributed by atoms with Crippen LogP contribution in [0.3, 0.4) is 0 Å². The van der Waals surface area contributed by atoms with Crippen molar-refractivity contribution >= 4 is 28.9 Å². The molecule has 10 nitrogen and oxygen atoms in total. The molecule has 1 spiro atoms. The summed E-state index contributed by atoms with van der Waals surface area (Å²) >= 11 is 0. The molecular weight excluding hydrogens is 458 g/mol. The molecule has 1 saturated heterocycles. The highest BCUT2D eigenvalue weighted by Gasteiger charge is 2.53. The molecule has 0 bridgehead atoms. The van der Waals surface area contributed by atoms with Gasteiger partial charge in [0.1, 0.15) is 29.0 Å². The summed E-state index contributed by atoms with van der Waals surface area (Å²) in [6.45, 7) is 7.48. The van der Waals surface area contributed by atoms with E-state index in [1.54, 1.807) is 13.2 Å². The summed E-state index contributed by atoms with van der Waals surface area (Å²) in [5.74, 6) is 1.93. The van der Waals surface area contributed by atoms with E-state index in [-0.39, 0.29) is 0 Å². The van der Waals surface area contributed by atoms with Gasteiger partial charge in [-0.2, -0.15) is 5.10 Å². The van der Waals surface area contributed by atoms with Gasteiger partial charge in [0.25, 0.3) is 0 Å². The van der Waals surface area contributed by atoms with Gasteiger partial charge >= 0.3 is 6.09 Å². The van der Waals surface area contributed by atoms with E-state index in [9.17, 15) is 4.79 Å². The van der Waals surface area contributed by atoms with Crippen LogP contribution in [-0.4, -0.2) is 71.5 Å². The van der Waals surface area contributed by atoms with Gasteiger partial charge < -0.3 is 25.0 Å². The number of rotatable bonds is 5. The van der Waals surface area contributed by atoms with Gasteiger partial charge in [0, 0.05) is 30.1 Å². The minimum Gasteiger partial charge on any atom is -0.495 e. The number of nitrogens with zero attached hydrogens (tertiary/aromatic N) is 5. The second kappa shape index (κ2) is 8.55. The van der Waals surface area contributed by atoms with E-state index in [2.05, 4.69) is 45.4 Å². The predicted octanol–water partition coefficient (Wildman–Crippen LogP) is 3.86. The largest absolute Gasteiger partial charge is 0.495 e. The lowest BCUT2D eigenvalue weighted by Gasteiger charge is -2.60. The van der Waals surface area contributed by atoms with Gasteiger partial charge in [-0.3, -0.25) is 5.32 Å². The monoisotopic (exact) mass is 493 g/mol. The molecule has 1 aliphatic carbocycles. The van der Waals surface area contributed by atoms with Crippen LogP contribution in [0.2, 0.25) is 0 Å². The zero-order valence-electron chi connectivity index (χ0n) is 21.8. The topological polar surface area (TPSA) is 110 Å². The van der Waals surface area contributed by atoms with Gasteiger partial charge in [0.2, 0.25) is 0 Å². The molecular formula is C26H35N7O3. The van der Waals surface area contributed by atoms with Crippen LogP contribution in [0.1, 0.15) is 33.6 Å². The molecule has 1 aromatic carbocycles. The molecule has 2 aliphatic rings. The van der Waals surface area contributed by atoms with Crippen LogP contribution in [0.25, 0.3) is 16.6 Å². The smallest absolute Gasteiger partial charge is 0.412 e.